The van der Waals surface area contributed by atoms with Crippen molar-refractivity contribution in [2.45, 2.75) is 6.42 Å². The van der Waals surface area contributed by atoms with Gasteiger partial charge in [-0.25, -0.2) is 0 Å². The first-order valence-corrected chi connectivity index (χ1v) is 7.46. The van der Waals surface area contributed by atoms with E-state index in [9.17, 15) is 14.7 Å². The van der Waals surface area contributed by atoms with Gasteiger partial charge in [-0.1, -0.05) is 12.1 Å². The van der Waals surface area contributed by atoms with Crippen LogP contribution in [0.15, 0.2) is 36.4 Å². The van der Waals surface area contributed by atoms with Gasteiger partial charge >= 0.3 is 0 Å². The molecule has 2 aromatic rings. The molecule has 0 atom stereocenters. The molecule has 1 N–H and O–H groups in total. The smallest absolute Gasteiger partial charge is 0.264 e. The van der Waals surface area contributed by atoms with Gasteiger partial charge < -0.3 is 14.6 Å². The number of aromatic hydroxyl groups is 1. The number of phenolic OH excluding ortho intramolecular Hbond substituents is 1. The lowest BCUT2D eigenvalue weighted by molar-refractivity contribution is 0.0603. The topological polar surface area (TPSA) is 76.1 Å². The highest BCUT2D eigenvalue weighted by atomic mass is 16.5. The van der Waals surface area contributed by atoms with Crippen molar-refractivity contribution in [1.29, 1.82) is 0 Å². The summed E-state index contributed by atoms with van der Waals surface area (Å²) >= 11 is 0. The Kier molecular flexibility index (Phi) is 4.12. The minimum Gasteiger partial charge on any atom is -0.504 e. The second-order valence-electron chi connectivity index (χ2n) is 5.39. The van der Waals surface area contributed by atoms with Gasteiger partial charge in [0, 0.05) is 12.1 Å². The summed E-state index contributed by atoms with van der Waals surface area (Å²) in [5, 5.41) is 9.84. The van der Waals surface area contributed by atoms with Gasteiger partial charge in [0.2, 0.25) is 0 Å². The molecule has 1 heterocycles. The van der Waals surface area contributed by atoms with Gasteiger partial charge in [0.15, 0.2) is 11.5 Å². The van der Waals surface area contributed by atoms with Gasteiger partial charge in [0.25, 0.3) is 11.8 Å². The maximum absolute atomic E-state index is 12.8. The number of ether oxygens (including phenoxy) is 2. The SMILES string of the molecule is COc1cc2c(cc1O)CCN(C(=O)c1ccccc1OC)C2=O. The number of phenols is 1. The van der Waals surface area contributed by atoms with Crippen LogP contribution in [-0.2, 0) is 6.42 Å². The molecule has 0 radical (unpaired) electrons. The molecule has 0 unspecified atom stereocenters. The molecule has 0 bridgehead atoms. The van der Waals surface area contributed by atoms with E-state index in [1.807, 2.05) is 0 Å². The van der Waals surface area contributed by atoms with Crippen molar-refractivity contribution >= 4 is 11.8 Å². The average molecular weight is 327 g/mol. The molecule has 0 spiro atoms. The normalized spacial score (nSPS) is 13.4. The predicted molar refractivity (Wildman–Crippen MR) is 86.7 cm³/mol. The Morgan fingerprint density at radius 1 is 1.12 bits per heavy atom. The molecule has 0 fully saturated rings. The number of benzene rings is 2. The van der Waals surface area contributed by atoms with Crippen LogP contribution in [-0.4, -0.2) is 42.6 Å². The zero-order valence-corrected chi connectivity index (χ0v) is 13.4. The predicted octanol–water partition coefficient (Wildman–Crippen LogP) is 2.25. The summed E-state index contributed by atoms with van der Waals surface area (Å²) in [6, 6.07) is 9.76. The fourth-order valence-corrected chi connectivity index (χ4v) is 2.82. The number of hydrogen-bond acceptors (Lipinski definition) is 5. The number of para-hydroxylation sites is 1. The van der Waals surface area contributed by atoms with E-state index in [0.29, 0.717) is 28.9 Å². The van der Waals surface area contributed by atoms with E-state index < -0.39 is 11.8 Å². The lowest BCUT2D eigenvalue weighted by atomic mass is 9.97. The van der Waals surface area contributed by atoms with E-state index >= 15 is 0 Å². The first-order chi connectivity index (χ1) is 11.6. The second kappa shape index (κ2) is 6.23. The summed E-state index contributed by atoms with van der Waals surface area (Å²) in [4.78, 5) is 26.7. The molecular weight excluding hydrogens is 310 g/mol. The fourth-order valence-electron chi connectivity index (χ4n) is 2.82. The molecule has 0 aromatic heterocycles. The zero-order chi connectivity index (χ0) is 17.3. The van der Waals surface area contributed by atoms with Crippen LogP contribution in [0.4, 0.5) is 0 Å². The zero-order valence-electron chi connectivity index (χ0n) is 13.4. The Morgan fingerprint density at radius 2 is 1.83 bits per heavy atom. The van der Waals surface area contributed by atoms with E-state index in [0.717, 1.165) is 0 Å². The first kappa shape index (κ1) is 15.9. The van der Waals surface area contributed by atoms with Crippen LogP contribution in [0.3, 0.4) is 0 Å². The number of nitrogens with zero attached hydrogens (tertiary/aromatic N) is 1. The van der Waals surface area contributed by atoms with Crippen LogP contribution in [0.5, 0.6) is 17.2 Å². The van der Waals surface area contributed by atoms with Crippen molar-refractivity contribution in [3.63, 3.8) is 0 Å². The highest BCUT2D eigenvalue weighted by molar-refractivity contribution is 6.12. The van der Waals surface area contributed by atoms with Gasteiger partial charge in [-0.2, -0.15) is 0 Å². The van der Waals surface area contributed by atoms with Gasteiger partial charge in [-0.05, 0) is 36.2 Å². The Labute approximate surface area is 139 Å². The van der Waals surface area contributed by atoms with Crippen LogP contribution in [0, 0.1) is 0 Å². The van der Waals surface area contributed by atoms with Crippen molar-refractivity contribution < 1.29 is 24.2 Å². The third-order valence-corrected chi connectivity index (χ3v) is 4.07. The van der Waals surface area contributed by atoms with E-state index in [-0.39, 0.29) is 18.0 Å². The quantitative estimate of drug-likeness (QED) is 0.875. The summed E-state index contributed by atoms with van der Waals surface area (Å²) in [5.41, 5.74) is 1.39. The molecule has 1 aliphatic rings. The molecule has 0 saturated heterocycles. The summed E-state index contributed by atoms with van der Waals surface area (Å²) < 4.78 is 10.3. The Balaban J connectivity index is 1.97. The maximum Gasteiger partial charge on any atom is 0.264 e. The van der Waals surface area contributed by atoms with Crippen LogP contribution >= 0.6 is 0 Å². The number of fused-ring (bicyclic) bond motifs is 1. The molecule has 0 saturated carbocycles. The molecule has 124 valence electrons. The van der Waals surface area contributed by atoms with Gasteiger partial charge in [0.1, 0.15) is 5.75 Å². The second-order valence-corrected chi connectivity index (χ2v) is 5.39. The fraction of sp³-hybridized carbons (Fsp3) is 0.222. The first-order valence-electron chi connectivity index (χ1n) is 7.46. The van der Waals surface area contributed by atoms with Crippen molar-refractivity contribution in [3.8, 4) is 17.2 Å². The van der Waals surface area contributed by atoms with Crippen LogP contribution in [0.25, 0.3) is 0 Å². The van der Waals surface area contributed by atoms with Crippen LogP contribution < -0.4 is 9.47 Å². The molecule has 1 aliphatic heterocycles. The van der Waals surface area contributed by atoms with Gasteiger partial charge in [-0.3, -0.25) is 14.5 Å². The molecule has 0 aliphatic carbocycles. The molecule has 3 rings (SSSR count). The minimum absolute atomic E-state index is 0.0199. The Hall–Kier alpha value is -3.02. The minimum atomic E-state index is -0.412. The number of methoxy groups -OCH3 is 2. The lowest BCUT2D eigenvalue weighted by Gasteiger charge is -2.28. The van der Waals surface area contributed by atoms with Crippen LogP contribution in [0.1, 0.15) is 26.3 Å². The number of rotatable bonds is 3. The number of carbonyl (C=O) groups excluding carboxylic acids is 2. The Morgan fingerprint density at radius 3 is 2.54 bits per heavy atom. The highest BCUT2D eigenvalue weighted by Crippen LogP contribution is 2.33. The Bertz CT molecular complexity index is 815. The molecule has 6 heteroatoms. The highest BCUT2D eigenvalue weighted by Gasteiger charge is 2.32. The number of carbonyl (C=O) groups is 2. The van der Waals surface area contributed by atoms with Gasteiger partial charge in [0.05, 0.1) is 19.8 Å². The molecule has 6 nitrogen and oxygen atoms in total. The third kappa shape index (κ3) is 2.56. The van der Waals surface area contributed by atoms with E-state index in [1.54, 1.807) is 24.3 Å². The summed E-state index contributed by atoms with van der Waals surface area (Å²) in [7, 11) is 2.89. The average Bonchev–Trinajstić information content (AvgIpc) is 2.61. The molecule has 2 aromatic carbocycles. The van der Waals surface area contributed by atoms with E-state index in [1.165, 1.54) is 31.3 Å². The number of amides is 2. The standard InChI is InChI=1S/C18H17NO5/c1-23-15-6-4-3-5-12(15)17(21)19-8-7-11-9-14(20)16(24-2)10-13(11)18(19)22/h3-6,9-10,20H,7-8H2,1-2H3. The number of imide groups is 1. The molecule has 2 amide bonds. The van der Waals surface area contributed by atoms with Crippen molar-refractivity contribution in [3.05, 3.63) is 53.1 Å². The van der Waals surface area contributed by atoms with Gasteiger partial charge in [-0.15, -0.1) is 0 Å². The van der Waals surface area contributed by atoms with Crippen molar-refractivity contribution in [2.75, 3.05) is 20.8 Å². The third-order valence-electron chi connectivity index (χ3n) is 4.07. The van der Waals surface area contributed by atoms with Crippen molar-refractivity contribution in [2.24, 2.45) is 0 Å². The summed E-state index contributed by atoms with van der Waals surface area (Å²) in [5.74, 6) is -0.216. The van der Waals surface area contributed by atoms with Crippen LogP contribution in [0.2, 0.25) is 0 Å². The molecule has 24 heavy (non-hydrogen) atoms. The lowest BCUT2D eigenvalue weighted by Crippen LogP contribution is -2.42. The maximum atomic E-state index is 12.8. The van der Waals surface area contributed by atoms with E-state index in [4.69, 9.17) is 9.47 Å². The monoisotopic (exact) mass is 327 g/mol. The number of hydrogen-bond donors (Lipinski definition) is 1. The van der Waals surface area contributed by atoms with E-state index in [2.05, 4.69) is 0 Å². The van der Waals surface area contributed by atoms with Crippen molar-refractivity contribution in [1.82, 2.24) is 4.90 Å². The largest absolute Gasteiger partial charge is 0.504 e. The molecular formula is C18H17NO5. The summed E-state index contributed by atoms with van der Waals surface area (Å²) in [6.07, 6.45) is 0.472. The summed E-state index contributed by atoms with van der Waals surface area (Å²) in [6.45, 7) is 0.245.